The summed E-state index contributed by atoms with van der Waals surface area (Å²) in [6.07, 6.45) is 3.68. The maximum absolute atomic E-state index is 4.25. The van der Waals surface area contributed by atoms with Gasteiger partial charge in [-0.1, -0.05) is 40.5 Å². The van der Waals surface area contributed by atoms with Crippen molar-refractivity contribution < 1.29 is 0 Å². The van der Waals surface area contributed by atoms with Gasteiger partial charge in [0.25, 0.3) is 0 Å². The normalized spacial score (nSPS) is 12.6. The van der Waals surface area contributed by atoms with Crippen molar-refractivity contribution in [2.24, 2.45) is 11.3 Å². The summed E-state index contributed by atoms with van der Waals surface area (Å²) in [5, 5.41) is 0. The van der Waals surface area contributed by atoms with Gasteiger partial charge >= 0.3 is 0 Å². The third-order valence-corrected chi connectivity index (χ3v) is 2.34. The Bertz CT molecular complexity index is 78.0. The molecule has 0 fully saturated rings. The van der Waals surface area contributed by atoms with Crippen molar-refractivity contribution in [3.05, 3.63) is 6.92 Å². The van der Waals surface area contributed by atoms with E-state index in [9.17, 15) is 0 Å². The third kappa shape index (κ3) is 3.24. The highest BCUT2D eigenvalue weighted by molar-refractivity contribution is 4.79. The summed E-state index contributed by atoms with van der Waals surface area (Å²) in [4.78, 5) is 0. The zero-order chi connectivity index (χ0) is 8.20. The number of rotatable bonds is 4. The molecule has 0 atom stereocenters. The summed E-state index contributed by atoms with van der Waals surface area (Å²) in [7, 11) is 0. The van der Waals surface area contributed by atoms with Crippen LogP contribution in [0.4, 0.5) is 0 Å². The number of hydrogen-bond donors (Lipinski definition) is 0. The minimum atomic E-state index is 0.355. The van der Waals surface area contributed by atoms with E-state index >= 15 is 0 Å². The monoisotopic (exact) mass is 141 g/mol. The quantitative estimate of drug-likeness (QED) is 0.560. The van der Waals surface area contributed by atoms with E-state index in [0.717, 1.165) is 5.92 Å². The molecule has 0 aliphatic carbocycles. The molecule has 0 nitrogen and oxygen atoms in total. The van der Waals surface area contributed by atoms with Crippen LogP contribution in [-0.2, 0) is 0 Å². The average Bonchev–Trinajstić information content (AvgIpc) is 1.87. The standard InChI is InChI=1S/C10H21/c1-6-10(5,7-2)8-9(3)4/h9H,5-8H2,1-4H3. The van der Waals surface area contributed by atoms with Crippen LogP contribution in [0.3, 0.4) is 0 Å². The molecule has 0 aromatic carbocycles. The molecule has 0 heteroatoms. The minimum Gasteiger partial charge on any atom is -0.0649 e. The topological polar surface area (TPSA) is 0 Å². The molecule has 0 amide bonds. The van der Waals surface area contributed by atoms with Crippen LogP contribution in [0.15, 0.2) is 0 Å². The van der Waals surface area contributed by atoms with Gasteiger partial charge in [-0.05, 0) is 24.7 Å². The molecule has 1 radical (unpaired) electrons. The largest absolute Gasteiger partial charge is 0.0649 e. The molecule has 0 unspecified atom stereocenters. The first-order valence-electron chi connectivity index (χ1n) is 4.39. The SMILES string of the molecule is [CH2]C(CC)(CC)CC(C)C. The van der Waals surface area contributed by atoms with Gasteiger partial charge in [0.05, 0.1) is 0 Å². The summed E-state index contributed by atoms with van der Waals surface area (Å²) >= 11 is 0. The Labute approximate surface area is 66.0 Å². The predicted octanol–water partition coefficient (Wildman–Crippen LogP) is 3.67. The second kappa shape index (κ2) is 4.00. The molecular weight excluding hydrogens is 120 g/mol. The molecule has 0 N–H and O–H groups in total. The Hall–Kier alpha value is 0. The smallest absolute Gasteiger partial charge is 0.0300 e. The second-order valence-electron chi connectivity index (χ2n) is 3.81. The van der Waals surface area contributed by atoms with E-state index in [4.69, 9.17) is 0 Å². The lowest BCUT2D eigenvalue weighted by Gasteiger charge is -2.28. The van der Waals surface area contributed by atoms with Crippen LogP contribution >= 0.6 is 0 Å². The van der Waals surface area contributed by atoms with Crippen LogP contribution < -0.4 is 0 Å². The molecule has 0 aromatic rings. The Morgan fingerprint density at radius 3 is 1.70 bits per heavy atom. The van der Waals surface area contributed by atoms with E-state index in [1.165, 1.54) is 19.3 Å². The Balaban J connectivity index is 3.80. The van der Waals surface area contributed by atoms with Gasteiger partial charge < -0.3 is 0 Å². The van der Waals surface area contributed by atoms with E-state index in [0.29, 0.717) is 5.41 Å². The lowest BCUT2D eigenvalue weighted by molar-refractivity contribution is 0.276. The Morgan fingerprint density at radius 1 is 1.20 bits per heavy atom. The number of hydrogen-bond acceptors (Lipinski definition) is 0. The van der Waals surface area contributed by atoms with Crippen LogP contribution in [0.5, 0.6) is 0 Å². The molecule has 0 heterocycles. The van der Waals surface area contributed by atoms with Gasteiger partial charge in [0.1, 0.15) is 0 Å². The lowest BCUT2D eigenvalue weighted by atomic mass is 9.78. The molecule has 0 aromatic heterocycles. The predicted molar refractivity (Wildman–Crippen MR) is 47.8 cm³/mol. The van der Waals surface area contributed by atoms with Gasteiger partial charge in [-0.2, -0.15) is 0 Å². The van der Waals surface area contributed by atoms with Gasteiger partial charge in [-0.25, -0.2) is 0 Å². The first-order chi connectivity index (χ1) is 4.54. The summed E-state index contributed by atoms with van der Waals surface area (Å²) in [5.74, 6) is 0.789. The summed E-state index contributed by atoms with van der Waals surface area (Å²) < 4.78 is 0. The molecule has 0 aliphatic rings. The molecule has 0 rings (SSSR count). The third-order valence-electron chi connectivity index (χ3n) is 2.34. The molecule has 10 heavy (non-hydrogen) atoms. The van der Waals surface area contributed by atoms with Crippen LogP contribution in [0.25, 0.3) is 0 Å². The van der Waals surface area contributed by atoms with Crippen molar-refractivity contribution in [3.8, 4) is 0 Å². The van der Waals surface area contributed by atoms with Crippen LogP contribution in [0, 0.1) is 18.3 Å². The van der Waals surface area contributed by atoms with Crippen LogP contribution in [0.2, 0.25) is 0 Å². The van der Waals surface area contributed by atoms with Crippen molar-refractivity contribution in [1.29, 1.82) is 0 Å². The Morgan fingerprint density at radius 2 is 1.60 bits per heavy atom. The zero-order valence-corrected chi connectivity index (χ0v) is 7.91. The molecule has 0 saturated heterocycles. The van der Waals surface area contributed by atoms with Crippen molar-refractivity contribution in [2.45, 2.75) is 47.0 Å². The van der Waals surface area contributed by atoms with Gasteiger partial charge in [0, 0.05) is 0 Å². The highest BCUT2D eigenvalue weighted by Crippen LogP contribution is 2.32. The molecule has 0 aliphatic heterocycles. The molecule has 0 saturated carbocycles. The van der Waals surface area contributed by atoms with E-state index in [-0.39, 0.29) is 0 Å². The zero-order valence-electron chi connectivity index (χ0n) is 7.91. The highest BCUT2D eigenvalue weighted by Gasteiger charge is 2.20. The fourth-order valence-corrected chi connectivity index (χ4v) is 1.40. The van der Waals surface area contributed by atoms with Gasteiger partial charge in [0.2, 0.25) is 0 Å². The minimum absolute atomic E-state index is 0.355. The lowest BCUT2D eigenvalue weighted by Crippen LogP contribution is -2.16. The van der Waals surface area contributed by atoms with Gasteiger partial charge in [0.15, 0.2) is 0 Å². The van der Waals surface area contributed by atoms with Crippen molar-refractivity contribution in [2.75, 3.05) is 0 Å². The summed E-state index contributed by atoms with van der Waals surface area (Å²) in [5.41, 5.74) is 0.355. The molecule has 0 spiro atoms. The maximum Gasteiger partial charge on any atom is -0.0300 e. The molecule has 61 valence electrons. The Kier molecular flexibility index (Phi) is 4.00. The molecule has 0 bridgehead atoms. The fraction of sp³-hybridized carbons (Fsp3) is 0.900. The summed E-state index contributed by atoms with van der Waals surface area (Å²) in [6, 6.07) is 0. The van der Waals surface area contributed by atoms with Crippen molar-refractivity contribution in [3.63, 3.8) is 0 Å². The van der Waals surface area contributed by atoms with Gasteiger partial charge in [-0.3, -0.25) is 0 Å². The van der Waals surface area contributed by atoms with E-state index in [1.807, 2.05) is 0 Å². The van der Waals surface area contributed by atoms with E-state index in [1.54, 1.807) is 0 Å². The van der Waals surface area contributed by atoms with E-state index in [2.05, 4.69) is 34.6 Å². The van der Waals surface area contributed by atoms with Gasteiger partial charge in [-0.15, -0.1) is 0 Å². The van der Waals surface area contributed by atoms with Crippen molar-refractivity contribution in [1.82, 2.24) is 0 Å². The fourth-order valence-electron chi connectivity index (χ4n) is 1.40. The second-order valence-corrected chi connectivity index (χ2v) is 3.81. The van der Waals surface area contributed by atoms with Crippen LogP contribution in [-0.4, -0.2) is 0 Å². The molecular formula is C10H21. The van der Waals surface area contributed by atoms with Crippen molar-refractivity contribution >= 4 is 0 Å². The summed E-state index contributed by atoms with van der Waals surface area (Å²) in [6.45, 7) is 13.3. The first kappa shape index (κ1) is 10.0. The highest BCUT2D eigenvalue weighted by atomic mass is 14.3. The maximum atomic E-state index is 4.25. The van der Waals surface area contributed by atoms with Crippen LogP contribution in [0.1, 0.15) is 47.0 Å². The first-order valence-corrected chi connectivity index (χ1v) is 4.39. The van der Waals surface area contributed by atoms with E-state index < -0.39 is 0 Å². The average molecular weight is 141 g/mol.